The molecule has 0 unspecified atom stereocenters. The maximum atomic E-state index is 12.9. The summed E-state index contributed by atoms with van der Waals surface area (Å²) < 4.78 is 59.6. The highest BCUT2D eigenvalue weighted by atomic mass is 32.2. The number of hydrogen-bond donors (Lipinski definition) is 0. The van der Waals surface area contributed by atoms with E-state index in [1.54, 1.807) is 0 Å². The van der Waals surface area contributed by atoms with Crippen LogP contribution in [-0.2, 0) is 15.6 Å². The predicted octanol–water partition coefficient (Wildman–Crippen LogP) is 1.65. The van der Waals surface area contributed by atoms with Gasteiger partial charge in [-0.25, -0.2) is 21.6 Å². The molecule has 0 amide bonds. The Balaban J connectivity index is 3.22. The molecule has 14 heavy (non-hydrogen) atoms. The number of sulfone groups is 1. The second-order valence-corrected chi connectivity index (χ2v) is 5.07. The van der Waals surface area contributed by atoms with Crippen molar-refractivity contribution < 1.29 is 21.6 Å². The van der Waals surface area contributed by atoms with Crippen molar-refractivity contribution in [2.45, 2.75) is 5.75 Å². The van der Waals surface area contributed by atoms with Crippen LogP contribution in [0.5, 0.6) is 0 Å². The van der Waals surface area contributed by atoms with Crippen LogP contribution in [0.1, 0.15) is 5.56 Å². The third-order valence-corrected chi connectivity index (χ3v) is 2.32. The summed E-state index contributed by atoms with van der Waals surface area (Å²) in [7, 11) is -3.51. The van der Waals surface area contributed by atoms with Gasteiger partial charge in [-0.3, -0.25) is 0 Å². The molecule has 0 N–H and O–H groups in total. The first-order valence-electron chi connectivity index (χ1n) is 3.61. The van der Waals surface area contributed by atoms with Crippen molar-refractivity contribution in [3.05, 3.63) is 35.1 Å². The van der Waals surface area contributed by atoms with E-state index in [9.17, 15) is 21.6 Å². The molecule has 1 aromatic carbocycles. The molecule has 0 radical (unpaired) electrons. The molecule has 2 nitrogen and oxygen atoms in total. The third kappa shape index (κ3) is 2.73. The first kappa shape index (κ1) is 11.0. The summed E-state index contributed by atoms with van der Waals surface area (Å²) >= 11 is 0. The zero-order valence-electron chi connectivity index (χ0n) is 7.22. The lowest BCUT2D eigenvalue weighted by Crippen LogP contribution is -2.05. The fraction of sp³-hybridized carbons (Fsp3) is 0.250. The lowest BCUT2D eigenvalue weighted by atomic mass is 10.2. The predicted molar refractivity (Wildman–Crippen MR) is 44.9 cm³/mol. The van der Waals surface area contributed by atoms with E-state index in [1.165, 1.54) is 0 Å². The molecule has 0 heterocycles. The van der Waals surface area contributed by atoms with E-state index >= 15 is 0 Å². The van der Waals surface area contributed by atoms with Gasteiger partial charge in [-0.15, -0.1) is 0 Å². The lowest BCUT2D eigenvalue weighted by Gasteiger charge is -2.02. The summed E-state index contributed by atoms with van der Waals surface area (Å²) in [6, 6.07) is 1.03. The highest BCUT2D eigenvalue weighted by Crippen LogP contribution is 2.16. The minimum atomic E-state index is -3.51. The van der Waals surface area contributed by atoms with Crippen LogP contribution in [0.3, 0.4) is 0 Å². The van der Waals surface area contributed by atoms with Crippen LogP contribution < -0.4 is 0 Å². The molecule has 1 aromatic rings. The molecule has 6 heteroatoms. The molecule has 0 aliphatic rings. The average molecular weight is 224 g/mol. The summed E-state index contributed by atoms with van der Waals surface area (Å²) in [4.78, 5) is 0. The monoisotopic (exact) mass is 224 g/mol. The Labute approximate surface area is 79.3 Å². The topological polar surface area (TPSA) is 34.1 Å². The van der Waals surface area contributed by atoms with Crippen LogP contribution in [0, 0.1) is 17.5 Å². The van der Waals surface area contributed by atoms with Crippen LogP contribution in [0.2, 0.25) is 0 Å². The van der Waals surface area contributed by atoms with Gasteiger partial charge in [-0.2, -0.15) is 0 Å². The van der Waals surface area contributed by atoms with Gasteiger partial charge in [0.15, 0.2) is 21.5 Å². The highest BCUT2D eigenvalue weighted by Gasteiger charge is 2.14. The molecule has 0 saturated carbocycles. The maximum absolute atomic E-state index is 12.9. The second kappa shape index (κ2) is 3.61. The average Bonchev–Trinajstić information content (AvgIpc) is 1.96. The number of halogens is 3. The van der Waals surface area contributed by atoms with Gasteiger partial charge in [0, 0.05) is 17.9 Å². The molecule has 0 fully saturated rings. The van der Waals surface area contributed by atoms with Crippen LogP contribution in [0.4, 0.5) is 13.2 Å². The Morgan fingerprint density at radius 1 is 1.21 bits per heavy atom. The van der Waals surface area contributed by atoms with E-state index in [0.717, 1.165) is 6.26 Å². The zero-order valence-corrected chi connectivity index (χ0v) is 8.04. The standard InChI is InChI=1S/C8H7F3O2S/c1-14(12,13)4-5-2-6(9)3-7(10)8(5)11/h2-3H,4H2,1H3. The molecule has 0 aromatic heterocycles. The van der Waals surface area contributed by atoms with Gasteiger partial charge in [0.1, 0.15) is 5.82 Å². The van der Waals surface area contributed by atoms with Crippen molar-refractivity contribution in [1.29, 1.82) is 0 Å². The molecule has 0 saturated heterocycles. The van der Waals surface area contributed by atoms with Crippen molar-refractivity contribution in [2.24, 2.45) is 0 Å². The van der Waals surface area contributed by atoms with Gasteiger partial charge in [0.2, 0.25) is 0 Å². The molecular weight excluding hydrogens is 217 g/mol. The smallest absolute Gasteiger partial charge is 0.163 e. The molecule has 0 bridgehead atoms. The van der Waals surface area contributed by atoms with Crippen molar-refractivity contribution >= 4 is 9.84 Å². The summed E-state index contributed by atoms with van der Waals surface area (Å²) in [5.41, 5.74) is -0.495. The van der Waals surface area contributed by atoms with Crippen molar-refractivity contribution in [1.82, 2.24) is 0 Å². The Bertz CT molecular complexity index is 454. The minimum Gasteiger partial charge on any atom is -0.229 e. The largest absolute Gasteiger partial charge is 0.229 e. The summed E-state index contributed by atoms with van der Waals surface area (Å²) in [5, 5.41) is 0. The Morgan fingerprint density at radius 3 is 2.29 bits per heavy atom. The highest BCUT2D eigenvalue weighted by molar-refractivity contribution is 7.89. The molecule has 78 valence electrons. The molecule has 0 aliphatic heterocycles. The van der Waals surface area contributed by atoms with E-state index in [4.69, 9.17) is 0 Å². The first-order chi connectivity index (χ1) is 6.29. The van der Waals surface area contributed by atoms with Gasteiger partial charge < -0.3 is 0 Å². The van der Waals surface area contributed by atoms with Crippen LogP contribution in [0.25, 0.3) is 0 Å². The van der Waals surface area contributed by atoms with Crippen LogP contribution in [0.15, 0.2) is 12.1 Å². The van der Waals surface area contributed by atoms with E-state index in [0.29, 0.717) is 12.1 Å². The Morgan fingerprint density at radius 2 is 1.79 bits per heavy atom. The normalized spacial score (nSPS) is 11.7. The van der Waals surface area contributed by atoms with Crippen LogP contribution >= 0.6 is 0 Å². The van der Waals surface area contributed by atoms with Gasteiger partial charge in [0.05, 0.1) is 5.75 Å². The van der Waals surface area contributed by atoms with Crippen molar-refractivity contribution in [2.75, 3.05) is 6.26 Å². The molecule has 1 rings (SSSR count). The molecule has 0 atom stereocenters. The van der Waals surface area contributed by atoms with E-state index in [2.05, 4.69) is 0 Å². The van der Waals surface area contributed by atoms with Gasteiger partial charge in [-0.05, 0) is 6.07 Å². The Kier molecular flexibility index (Phi) is 2.84. The summed E-state index contributed by atoms with van der Waals surface area (Å²) in [5.74, 6) is -4.42. The van der Waals surface area contributed by atoms with E-state index < -0.39 is 38.6 Å². The molecule has 0 aliphatic carbocycles. The van der Waals surface area contributed by atoms with Crippen molar-refractivity contribution in [3.63, 3.8) is 0 Å². The quantitative estimate of drug-likeness (QED) is 0.716. The summed E-state index contributed by atoms with van der Waals surface area (Å²) in [6.45, 7) is 0. The lowest BCUT2D eigenvalue weighted by molar-refractivity contribution is 0.487. The fourth-order valence-corrected chi connectivity index (χ4v) is 1.77. The second-order valence-electron chi connectivity index (χ2n) is 2.93. The Hall–Kier alpha value is -1.04. The van der Waals surface area contributed by atoms with E-state index in [1.807, 2.05) is 0 Å². The van der Waals surface area contributed by atoms with Gasteiger partial charge >= 0.3 is 0 Å². The number of benzene rings is 1. The number of rotatable bonds is 2. The molecular formula is C8H7F3O2S. The minimum absolute atomic E-state index is 0.362. The van der Waals surface area contributed by atoms with Crippen molar-refractivity contribution in [3.8, 4) is 0 Å². The zero-order chi connectivity index (χ0) is 10.9. The maximum Gasteiger partial charge on any atom is 0.163 e. The SMILES string of the molecule is CS(=O)(=O)Cc1cc(F)cc(F)c1F. The molecule has 0 spiro atoms. The van der Waals surface area contributed by atoms with Gasteiger partial charge in [-0.1, -0.05) is 0 Å². The third-order valence-electron chi connectivity index (χ3n) is 1.49. The van der Waals surface area contributed by atoms with Crippen LogP contribution in [-0.4, -0.2) is 14.7 Å². The van der Waals surface area contributed by atoms with E-state index in [-0.39, 0.29) is 0 Å². The summed E-state index contributed by atoms with van der Waals surface area (Å²) in [6.07, 6.45) is 0.856. The first-order valence-corrected chi connectivity index (χ1v) is 5.67. The fourth-order valence-electron chi connectivity index (χ4n) is 0.997. The van der Waals surface area contributed by atoms with Gasteiger partial charge in [0.25, 0.3) is 0 Å². The number of hydrogen-bond acceptors (Lipinski definition) is 2.